The van der Waals surface area contributed by atoms with Crippen LogP contribution in [0.25, 0.3) is 0 Å². The number of aromatic nitrogens is 6. The Bertz CT molecular complexity index is 1290. The molecule has 2 rings (SSSR count). The Balaban J connectivity index is 2.41. The minimum absolute atomic E-state index is 0.0687. The summed E-state index contributed by atoms with van der Waals surface area (Å²) < 4.78 is 20.2. The van der Waals surface area contributed by atoms with Gasteiger partial charge in [0.15, 0.2) is 0 Å². The number of likely N-dealkylation sites (N-methyl/N-ethyl adjacent to an activating group) is 2. The summed E-state index contributed by atoms with van der Waals surface area (Å²) in [5, 5.41) is 21.7. The standard InChI is InChI=1S/C28H46N12O10/c1-9-47-19(41)15-39(16-20(42)48-10-2)27-31-23(29-25(33-27)37(7)45)35(5)13-14-36(6)24-30-26(38(8)46)34-28(32-24)40(17-21(43)49-11-3)18-22(44)50-12-4/h45-46H,9-18H2,1-8H3. The van der Waals surface area contributed by atoms with Crippen molar-refractivity contribution >= 4 is 59.6 Å². The molecule has 0 fully saturated rings. The molecule has 0 saturated heterocycles. The topological polar surface area (TPSA) is 242 Å². The molecule has 0 unspecified atom stereocenters. The molecule has 22 nitrogen and oxygen atoms in total. The molecule has 2 aromatic heterocycles. The van der Waals surface area contributed by atoms with Gasteiger partial charge in [-0.1, -0.05) is 0 Å². The number of rotatable bonds is 21. The van der Waals surface area contributed by atoms with Gasteiger partial charge in [0.1, 0.15) is 26.2 Å². The first-order valence-corrected chi connectivity index (χ1v) is 15.6. The molecular weight excluding hydrogens is 664 g/mol. The molecule has 0 aliphatic rings. The molecule has 0 amide bonds. The van der Waals surface area contributed by atoms with Gasteiger partial charge in [0.2, 0.25) is 23.8 Å². The summed E-state index contributed by atoms with van der Waals surface area (Å²) in [6, 6.07) is 0. The molecule has 0 saturated carbocycles. The van der Waals surface area contributed by atoms with E-state index in [1.54, 1.807) is 51.6 Å². The maximum absolute atomic E-state index is 12.4. The summed E-state index contributed by atoms with van der Waals surface area (Å²) in [6.07, 6.45) is 0. The summed E-state index contributed by atoms with van der Waals surface area (Å²) in [6.45, 7) is 5.91. The zero-order valence-electron chi connectivity index (χ0n) is 29.6. The van der Waals surface area contributed by atoms with Gasteiger partial charge in [-0.15, -0.1) is 0 Å². The van der Waals surface area contributed by atoms with Crippen molar-refractivity contribution in [2.75, 3.05) is 124 Å². The van der Waals surface area contributed by atoms with Crippen LogP contribution in [0.4, 0.5) is 35.7 Å². The Morgan fingerprint density at radius 3 is 0.940 bits per heavy atom. The molecule has 0 spiro atoms. The van der Waals surface area contributed by atoms with Crippen LogP contribution < -0.4 is 29.7 Å². The summed E-state index contributed by atoms with van der Waals surface area (Å²) in [4.78, 5) is 81.0. The number of hydrogen-bond donors (Lipinski definition) is 2. The van der Waals surface area contributed by atoms with Crippen molar-refractivity contribution in [1.82, 2.24) is 29.9 Å². The monoisotopic (exact) mass is 710 g/mol. The van der Waals surface area contributed by atoms with Gasteiger partial charge < -0.3 is 38.5 Å². The molecule has 0 aliphatic heterocycles. The third-order valence-electron chi connectivity index (χ3n) is 6.30. The minimum Gasteiger partial charge on any atom is -0.465 e. The Morgan fingerprint density at radius 1 is 0.460 bits per heavy atom. The molecule has 0 radical (unpaired) electrons. The molecule has 0 aromatic carbocycles. The van der Waals surface area contributed by atoms with Crippen molar-refractivity contribution in [3.05, 3.63) is 0 Å². The van der Waals surface area contributed by atoms with E-state index in [9.17, 15) is 29.6 Å². The van der Waals surface area contributed by atoms with Crippen LogP contribution in [-0.4, -0.2) is 158 Å². The number of hydrogen-bond acceptors (Lipinski definition) is 22. The van der Waals surface area contributed by atoms with Gasteiger partial charge in [-0.2, -0.15) is 29.9 Å². The van der Waals surface area contributed by atoms with Crippen molar-refractivity contribution < 1.29 is 48.5 Å². The summed E-state index contributed by atoms with van der Waals surface area (Å²) in [5.41, 5.74) is 0. The normalized spacial score (nSPS) is 10.5. The van der Waals surface area contributed by atoms with Crippen LogP contribution in [0.1, 0.15) is 27.7 Å². The van der Waals surface area contributed by atoms with E-state index in [-0.39, 0.29) is 101 Å². The number of ether oxygens (including phenoxy) is 4. The van der Waals surface area contributed by atoms with Gasteiger partial charge in [0.05, 0.1) is 26.4 Å². The quantitative estimate of drug-likeness (QED) is 0.0910. The highest BCUT2D eigenvalue weighted by Crippen LogP contribution is 2.20. The molecule has 50 heavy (non-hydrogen) atoms. The second kappa shape index (κ2) is 20.2. The highest BCUT2D eigenvalue weighted by Gasteiger charge is 2.25. The smallest absolute Gasteiger partial charge is 0.325 e. The van der Waals surface area contributed by atoms with Gasteiger partial charge in [0, 0.05) is 41.3 Å². The van der Waals surface area contributed by atoms with Gasteiger partial charge >= 0.3 is 23.9 Å². The first kappa shape index (κ1) is 40.8. The molecular formula is C28H46N12O10. The van der Waals surface area contributed by atoms with Crippen LogP contribution in [0.2, 0.25) is 0 Å². The van der Waals surface area contributed by atoms with Crippen LogP contribution in [0, 0.1) is 0 Å². The minimum atomic E-state index is -0.639. The van der Waals surface area contributed by atoms with E-state index in [2.05, 4.69) is 29.9 Å². The van der Waals surface area contributed by atoms with E-state index in [4.69, 9.17) is 18.9 Å². The average Bonchev–Trinajstić information content (AvgIpc) is 3.06. The molecule has 2 N–H and O–H groups in total. The van der Waals surface area contributed by atoms with Crippen LogP contribution in [0.3, 0.4) is 0 Å². The Hall–Kier alpha value is -5.38. The van der Waals surface area contributed by atoms with E-state index >= 15 is 0 Å². The molecule has 278 valence electrons. The summed E-state index contributed by atoms with van der Waals surface area (Å²) in [5.74, 6) is -2.98. The third kappa shape index (κ3) is 12.9. The fourth-order valence-electron chi connectivity index (χ4n) is 3.94. The Morgan fingerprint density at radius 2 is 0.700 bits per heavy atom. The number of carbonyl (C=O) groups is 4. The molecule has 2 aromatic rings. The van der Waals surface area contributed by atoms with E-state index < -0.39 is 23.9 Å². The van der Waals surface area contributed by atoms with Gasteiger partial charge in [-0.3, -0.25) is 29.6 Å². The van der Waals surface area contributed by atoms with Crippen molar-refractivity contribution in [2.24, 2.45) is 0 Å². The Kier molecular flexibility index (Phi) is 16.5. The highest BCUT2D eigenvalue weighted by atomic mass is 16.5. The molecule has 2 heterocycles. The second-order valence-electron chi connectivity index (χ2n) is 10.3. The highest BCUT2D eigenvalue weighted by molar-refractivity contribution is 5.81. The van der Waals surface area contributed by atoms with Crippen LogP contribution in [0.5, 0.6) is 0 Å². The maximum Gasteiger partial charge on any atom is 0.325 e. The lowest BCUT2D eigenvalue weighted by Gasteiger charge is -2.26. The summed E-state index contributed by atoms with van der Waals surface area (Å²) in [7, 11) is 5.89. The number of anilines is 6. The summed E-state index contributed by atoms with van der Waals surface area (Å²) >= 11 is 0. The largest absolute Gasteiger partial charge is 0.465 e. The zero-order chi connectivity index (χ0) is 37.4. The Labute approximate surface area is 289 Å². The third-order valence-corrected chi connectivity index (χ3v) is 6.30. The average molecular weight is 711 g/mol. The second-order valence-corrected chi connectivity index (χ2v) is 10.3. The van der Waals surface area contributed by atoms with Crippen molar-refractivity contribution in [3.8, 4) is 0 Å². The van der Waals surface area contributed by atoms with Crippen molar-refractivity contribution in [1.29, 1.82) is 0 Å². The molecule has 0 aliphatic carbocycles. The number of esters is 4. The van der Waals surface area contributed by atoms with E-state index in [0.717, 1.165) is 0 Å². The zero-order valence-corrected chi connectivity index (χ0v) is 29.6. The predicted molar refractivity (Wildman–Crippen MR) is 178 cm³/mol. The first-order chi connectivity index (χ1) is 23.7. The van der Waals surface area contributed by atoms with Gasteiger partial charge in [-0.05, 0) is 27.7 Å². The van der Waals surface area contributed by atoms with Gasteiger partial charge in [-0.25, -0.2) is 10.1 Å². The first-order valence-electron chi connectivity index (χ1n) is 15.6. The lowest BCUT2D eigenvalue weighted by Crippen LogP contribution is -2.39. The van der Waals surface area contributed by atoms with Crippen molar-refractivity contribution in [2.45, 2.75) is 27.7 Å². The number of nitrogens with zero attached hydrogens (tertiary/aromatic N) is 12. The van der Waals surface area contributed by atoms with Crippen molar-refractivity contribution in [3.63, 3.8) is 0 Å². The van der Waals surface area contributed by atoms with Crippen LogP contribution >= 0.6 is 0 Å². The fraction of sp³-hybridized carbons (Fsp3) is 0.643. The van der Waals surface area contributed by atoms with E-state index in [1.165, 1.54) is 23.9 Å². The predicted octanol–water partition coefficient (Wildman–Crippen LogP) is -0.855. The van der Waals surface area contributed by atoms with E-state index in [0.29, 0.717) is 10.1 Å². The molecule has 22 heteroatoms. The fourth-order valence-corrected chi connectivity index (χ4v) is 3.94. The maximum atomic E-state index is 12.4. The van der Waals surface area contributed by atoms with Crippen LogP contribution in [-0.2, 0) is 38.1 Å². The van der Waals surface area contributed by atoms with E-state index in [1.807, 2.05) is 0 Å². The van der Waals surface area contributed by atoms with Gasteiger partial charge in [0.25, 0.3) is 11.9 Å². The SMILES string of the molecule is CCOC(=O)CN(CC(=O)OCC)c1nc(N(C)O)nc(N(C)CCN(C)c2nc(N(C)O)nc(N(CC(=O)OCC)CC(=O)OCC)n2)n1. The lowest BCUT2D eigenvalue weighted by atomic mass is 10.4. The molecule has 0 atom stereocenters. The molecule has 0 bridgehead atoms. The van der Waals surface area contributed by atoms with Crippen LogP contribution in [0.15, 0.2) is 0 Å². The lowest BCUT2D eigenvalue weighted by molar-refractivity contribution is -0.144. The number of hydroxylamine groups is 2. The number of carbonyl (C=O) groups excluding carboxylic acids is 4.